The van der Waals surface area contributed by atoms with Crippen molar-refractivity contribution in [2.45, 2.75) is 39.5 Å². The molecule has 0 N–H and O–H groups in total. The van der Waals surface area contributed by atoms with Crippen molar-refractivity contribution in [2.24, 2.45) is 5.92 Å². The second kappa shape index (κ2) is 9.92. The van der Waals surface area contributed by atoms with E-state index in [2.05, 4.69) is 0 Å². The summed E-state index contributed by atoms with van der Waals surface area (Å²) in [5.41, 5.74) is 0.521. The molecule has 0 heterocycles. The summed E-state index contributed by atoms with van der Waals surface area (Å²) in [4.78, 5) is 22.8. The van der Waals surface area contributed by atoms with E-state index in [1.54, 1.807) is 18.2 Å². The molecular weight excluding hydrogens is 287 g/mol. The lowest BCUT2D eigenvalue weighted by atomic mass is 10.1. The van der Waals surface area contributed by atoms with Gasteiger partial charge in [-0.1, -0.05) is 32.0 Å². The molecule has 122 valence electrons. The van der Waals surface area contributed by atoms with Crippen LogP contribution in [0.4, 0.5) is 4.39 Å². The van der Waals surface area contributed by atoms with Gasteiger partial charge < -0.3 is 9.47 Å². The normalized spacial score (nSPS) is 10.5. The highest BCUT2D eigenvalue weighted by atomic mass is 19.1. The average Bonchev–Trinajstić information content (AvgIpc) is 2.47. The summed E-state index contributed by atoms with van der Waals surface area (Å²) in [6.07, 6.45) is 1.10. The fraction of sp³-hybridized carbons (Fsp3) is 0.529. The van der Waals surface area contributed by atoms with Gasteiger partial charge >= 0.3 is 11.9 Å². The number of rotatable bonds is 9. The minimum Gasteiger partial charge on any atom is -0.465 e. The molecule has 1 aromatic rings. The Hall–Kier alpha value is -1.91. The maximum Gasteiger partial charge on any atom is 0.305 e. The second-order valence-corrected chi connectivity index (χ2v) is 5.49. The number of ether oxygens (including phenoxy) is 2. The van der Waals surface area contributed by atoms with Gasteiger partial charge in [0.25, 0.3) is 0 Å². The molecule has 0 saturated heterocycles. The van der Waals surface area contributed by atoms with Crippen LogP contribution in [-0.4, -0.2) is 25.2 Å². The van der Waals surface area contributed by atoms with Crippen LogP contribution in [0.1, 0.15) is 38.7 Å². The van der Waals surface area contributed by atoms with E-state index in [1.165, 1.54) is 6.07 Å². The maximum absolute atomic E-state index is 13.3. The quantitative estimate of drug-likeness (QED) is 0.657. The molecule has 0 fully saturated rings. The third kappa shape index (κ3) is 7.76. The molecule has 1 rings (SSSR count). The average molecular weight is 310 g/mol. The second-order valence-electron chi connectivity index (χ2n) is 5.49. The number of halogens is 1. The van der Waals surface area contributed by atoms with Crippen LogP contribution in [-0.2, 0) is 25.5 Å². The molecule has 0 spiro atoms. The Bertz CT molecular complexity index is 485. The Kier molecular flexibility index (Phi) is 8.18. The summed E-state index contributed by atoms with van der Waals surface area (Å²) in [7, 11) is 0. The lowest BCUT2D eigenvalue weighted by molar-refractivity contribution is -0.146. The molecule has 22 heavy (non-hydrogen) atoms. The minimum atomic E-state index is -0.381. The Morgan fingerprint density at radius 3 is 2.36 bits per heavy atom. The zero-order chi connectivity index (χ0) is 16.4. The molecule has 5 heteroatoms. The molecule has 0 unspecified atom stereocenters. The van der Waals surface area contributed by atoms with Crippen LogP contribution in [0.15, 0.2) is 24.3 Å². The van der Waals surface area contributed by atoms with Crippen molar-refractivity contribution in [1.29, 1.82) is 0 Å². The Morgan fingerprint density at radius 2 is 1.73 bits per heavy atom. The van der Waals surface area contributed by atoms with E-state index < -0.39 is 0 Å². The molecule has 0 aliphatic rings. The molecule has 0 aliphatic heterocycles. The van der Waals surface area contributed by atoms with Crippen LogP contribution in [0, 0.1) is 11.7 Å². The van der Waals surface area contributed by atoms with Gasteiger partial charge in [0.2, 0.25) is 0 Å². The smallest absolute Gasteiger partial charge is 0.305 e. The van der Waals surface area contributed by atoms with Gasteiger partial charge in [-0.05, 0) is 24.0 Å². The van der Waals surface area contributed by atoms with Crippen molar-refractivity contribution in [1.82, 2.24) is 0 Å². The predicted molar refractivity (Wildman–Crippen MR) is 80.7 cm³/mol. The first kappa shape index (κ1) is 18.1. The highest BCUT2D eigenvalue weighted by Crippen LogP contribution is 2.08. The summed E-state index contributed by atoms with van der Waals surface area (Å²) in [6, 6.07) is 6.39. The molecule has 0 atom stereocenters. The van der Waals surface area contributed by atoms with Gasteiger partial charge in [0.15, 0.2) is 0 Å². The minimum absolute atomic E-state index is 0.136. The van der Waals surface area contributed by atoms with E-state index in [0.717, 1.165) is 0 Å². The van der Waals surface area contributed by atoms with Gasteiger partial charge in [0.05, 0.1) is 13.2 Å². The molecule has 0 amide bonds. The zero-order valence-electron chi connectivity index (χ0n) is 13.1. The monoisotopic (exact) mass is 310 g/mol. The fourth-order valence-corrected chi connectivity index (χ4v) is 1.76. The number of hydrogen-bond donors (Lipinski definition) is 0. The Balaban J connectivity index is 2.11. The summed E-state index contributed by atoms with van der Waals surface area (Å²) in [5, 5.41) is 0. The molecule has 0 bridgehead atoms. The largest absolute Gasteiger partial charge is 0.465 e. The first-order valence-corrected chi connectivity index (χ1v) is 7.53. The number of carbonyl (C=O) groups is 2. The van der Waals surface area contributed by atoms with E-state index in [-0.39, 0.29) is 37.2 Å². The molecule has 0 radical (unpaired) electrons. The van der Waals surface area contributed by atoms with Crippen molar-refractivity contribution >= 4 is 11.9 Å². The van der Waals surface area contributed by atoms with Gasteiger partial charge in [-0.2, -0.15) is 0 Å². The molecule has 0 aromatic heterocycles. The molecule has 0 saturated carbocycles. The topological polar surface area (TPSA) is 52.6 Å². The number of esters is 2. The zero-order valence-corrected chi connectivity index (χ0v) is 13.1. The van der Waals surface area contributed by atoms with E-state index in [1.807, 2.05) is 13.8 Å². The summed E-state index contributed by atoms with van der Waals surface area (Å²) >= 11 is 0. The van der Waals surface area contributed by atoms with Gasteiger partial charge in [0, 0.05) is 19.3 Å². The van der Waals surface area contributed by atoms with E-state index in [9.17, 15) is 14.0 Å². The van der Waals surface area contributed by atoms with Gasteiger partial charge in [-0.3, -0.25) is 9.59 Å². The number of benzene rings is 1. The fourth-order valence-electron chi connectivity index (χ4n) is 1.76. The highest BCUT2D eigenvalue weighted by molar-refractivity contribution is 5.72. The summed E-state index contributed by atoms with van der Waals surface area (Å²) in [5.74, 6) is -0.681. The lowest BCUT2D eigenvalue weighted by Gasteiger charge is -2.07. The Labute approximate surface area is 130 Å². The van der Waals surface area contributed by atoms with Gasteiger partial charge in [-0.25, -0.2) is 4.39 Å². The van der Waals surface area contributed by atoms with Crippen molar-refractivity contribution in [3.63, 3.8) is 0 Å². The first-order valence-electron chi connectivity index (χ1n) is 7.53. The lowest BCUT2D eigenvalue weighted by Crippen LogP contribution is -2.12. The van der Waals surface area contributed by atoms with Crippen LogP contribution in [0.2, 0.25) is 0 Å². The molecule has 1 aromatic carbocycles. The third-order valence-electron chi connectivity index (χ3n) is 2.93. The molecular formula is C17H23FO4. The summed E-state index contributed by atoms with van der Waals surface area (Å²) < 4.78 is 23.4. The van der Waals surface area contributed by atoms with E-state index in [4.69, 9.17) is 9.47 Å². The van der Waals surface area contributed by atoms with Crippen molar-refractivity contribution in [3.8, 4) is 0 Å². The van der Waals surface area contributed by atoms with Crippen molar-refractivity contribution in [3.05, 3.63) is 35.6 Å². The third-order valence-corrected chi connectivity index (χ3v) is 2.93. The highest BCUT2D eigenvalue weighted by Gasteiger charge is 2.08. The van der Waals surface area contributed by atoms with Crippen molar-refractivity contribution < 1.29 is 23.5 Å². The first-order chi connectivity index (χ1) is 10.5. The standard InChI is InChI=1S/C17H23FO4/c1-13(2)12-22-17(20)9-5-8-16(19)21-11-10-14-6-3-4-7-15(14)18/h3-4,6-7,13H,5,8-12H2,1-2H3. The van der Waals surface area contributed by atoms with Crippen LogP contribution < -0.4 is 0 Å². The van der Waals surface area contributed by atoms with Crippen LogP contribution in [0.25, 0.3) is 0 Å². The maximum atomic E-state index is 13.3. The van der Waals surface area contributed by atoms with E-state index in [0.29, 0.717) is 30.9 Å². The predicted octanol–water partition coefficient (Wildman–Crippen LogP) is 3.28. The molecule has 4 nitrogen and oxygen atoms in total. The van der Waals surface area contributed by atoms with Gasteiger partial charge in [0.1, 0.15) is 5.82 Å². The molecule has 0 aliphatic carbocycles. The summed E-state index contributed by atoms with van der Waals surface area (Å²) in [6.45, 7) is 4.45. The van der Waals surface area contributed by atoms with Crippen LogP contribution in [0.5, 0.6) is 0 Å². The van der Waals surface area contributed by atoms with Crippen LogP contribution >= 0.6 is 0 Å². The van der Waals surface area contributed by atoms with Crippen LogP contribution in [0.3, 0.4) is 0 Å². The number of hydrogen-bond acceptors (Lipinski definition) is 4. The van der Waals surface area contributed by atoms with E-state index >= 15 is 0 Å². The van der Waals surface area contributed by atoms with Crippen molar-refractivity contribution in [2.75, 3.05) is 13.2 Å². The number of carbonyl (C=O) groups excluding carboxylic acids is 2. The van der Waals surface area contributed by atoms with Gasteiger partial charge in [-0.15, -0.1) is 0 Å². The SMILES string of the molecule is CC(C)COC(=O)CCCC(=O)OCCc1ccccc1F. The Morgan fingerprint density at radius 1 is 1.09 bits per heavy atom.